The Morgan fingerprint density at radius 1 is 1.35 bits per heavy atom. The number of esters is 1. The van der Waals surface area contributed by atoms with E-state index in [1.807, 2.05) is 6.92 Å². The van der Waals surface area contributed by atoms with Crippen molar-refractivity contribution < 1.29 is 19.2 Å². The van der Waals surface area contributed by atoms with E-state index in [1.54, 1.807) is 13.0 Å². The second-order valence-corrected chi connectivity index (χ2v) is 6.77. The number of hydrogen-bond acceptors (Lipinski definition) is 5. The molecule has 1 saturated carbocycles. The highest BCUT2D eigenvalue weighted by Gasteiger charge is 2.35. The molecule has 0 saturated heterocycles. The van der Waals surface area contributed by atoms with E-state index in [9.17, 15) is 19.7 Å². The number of rotatable bonds is 4. The van der Waals surface area contributed by atoms with Crippen molar-refractivity contribution in [1.29, 1.82) is 0 Å². The summed E-state index contributed by atoms with van der Waals surface area (Å²) in [7, 11) is 0. The number of amides is 2. The smallest absolute Gasteiger partial charge is 0.338 e. The lowest BCUT2D eigenvalue weighted by atomic mass is 9.95. The van der Waals surface area contributed by atoms with Gasteiger partial charge in [0.1, 0.15) is 6.10 Å². The molecule has 0 spiro atoms. The Balaban J connectivity index is 1.93. The normalized spacial score (nSPS) is 25.5. The lowest BCUT2D eigenvalue weighted by molar-refractivity contribution is -0.384. The predicted molar refractivity (Wildman–Crippen MR) is 93.1 cm³/mol. The van der Waals surface area contributed by atoms with Crippen molar-refractivity contribution in [2.24, 2.45) is 5.92 Å². The van der Waals surface area contributed by atoms with Crippen molar-refractivity contribution in [1.82, 2.24) is 10.6 Å². The minimum Gasteiger partial charge on any atom is -0.459 e. The Morgan fingerprint density at radius 3 is 2.77 bits per heavy atom. The average Bonchev–Trinajstić information content (AvgIpc) is 2.99. The molecule has 3 rings (SSSR count). The third-order valence-corrected chi connectivity index (χ3v) is 4.94. The van der Waals surface area contributed by atoms with Crippen LogP contribution in [0.15, 0.2) is 35.5 Å². The van der Waals surface area contributed by atoms with Gasteiger partial charge < -0.3 is 15.4 Å². The van der Waals surface area contributed by atoms with Crippen molar-refractivity contribution in [2.75, 3.05) is 0 Å². The summed E-state index contributed by atoms with van der Waals surface area (Å²) in [5, 5.41) is 16.3. The third kappa shape index (κ3) is 3.54. The van der Waals surface area contributed by atoms with E-state index < -0.39 is 23.0 Å². The molecule has 0 bridgehead atoms. The van der Waals surface area contributed by atoms with E-state index >= 15 is 0 Å². The molecule has 1 aromatic rings. The van der Waals surface area contributed by atoms with Crippen molar-refractivity contribution in [3.63, 3.8) is 0 Å². The van der Waals surface area contributed by atoms with Gasteiger partial charge in [-0.3, -0.25) is 10.1 Å². The maximum atomic E-state index is 12.8. The van der Waals surface area contributed by atoms with Crippen molar-refractivity contribution in [2.45, 2.75) is 45.3 Å². The zero-order chi connectivity index (χ0) is 18.8. The van der Waals surface area contributed by atoms with Crippen molar-refractivity contribution >= 4 is 17.7 Å². The zero-order valence-corrected chi connectivity index (χ0v) is 14.7. The van der Waals surface area contributed by atoms with Crippen LogP contribution in [0.5, 0.6) is 0 Å². The standard InChI is InChI=1S/C18H21N3O5/c1-10-5-3-8-14(10)26-17(22)15-11(2)19-18(23)20-16(15)12-6-4-7-13(9-12)21(24)25/h4,6-7,9-10,14,16H,3,5,8H2,1-2H3,(H2,19,20,23)/t10-,14+,16+/m0/s1. The highest BCUT2D eigenvalue weighted by Crippen LogP contribution is 2.33. The lowest BCUT2D eigenvalue weighted by Crippen LogP contribution is -2.45. The van der Waals surface area contributed by atoms with Crippen LogP contribution in [0.25, 0.3) is 0 Å². The molecule has 2 N–H and O–H groups in total. The minimum absolute atomic E-state index is 0.106. The van der Waals surface area contributed by atoms with Gasteiger partial charge in [0, 0.05) is 17.8 Å². The van der Waals surface area contributed by atoms with Gasteiger partial charge in [-0.1, -0.05) is 19.1 Å². The number of ether oxygens (including phenoxy) is 1. The number of nitro benzene ring substituents is 1. The first-order valence-corrected chi connectivity index (χ1v) is 8.60. The number of urea groups is 1. The van der Waals surface area contributed by atoms with Gasteiger partial charge in [-0.05, 0) is 37.7 Å². The number of non-ortho nitro benzene ring substituents is 1. The van der Waals surface area contributed by atoms with Crippen molar-refractivity contribution in [3.8, 4) is 0 Å². The molecule has 0 radical (unpaired) electrons. The number of carbonyl (C=O) groups excluding carboxylic acids is 2. The van der Waals surface area contributed by atoms with Gasteiger partial charge in [-0.25, -0.2) is 9.59 Å². The van der Waals surface area contributed by atoms with Crippen molar-refractivity contribution in [3.05, 3.63) is 51.2 Å². The van der Waals surface area contributed by atoms with Gasteiger partial charge in [0.15, 0.2) is 0 Å². The summed E-state index contributed by atoms with van der Waals surface area (Å²) < 4.78 is 5.68. The molecule has 0 unspecified atom stereocenters. The highest BCUT2D eigenvalue weighted by molar-refractivity contribution is 5.95. The third-order valence-electron chi connectivity index (χ3n) is 4.94. The molecular weight excluding hydrogens is 338 g/mol. The van der Waals surface area contributed by atoms with Crippen LogP contribution in [0.2, 0.25) is 0 Å². The molecule has 2 amide bonds. The number of nitro groups is 1. The molecule has 3 atom stereocenters. The van der Waals surface area contributed by atoms with E-state index in [0.717, 1.165) is 19.3 Å². The summed E-state index contributed by atoms with van der Waals surface area (Å²) >= 11 is 0. The molecule has 1 aliphatic heterocycles. The SMILES string of the molecule is CC1=C(C(=O)O[C@@H]2CCC[C@@H]2C)[C@@H](c2cccc([N+](=O)[O-])c2)NC(=O)N1. The number of carbonyl (C=O) groups is 2. The summed E-state index contributed by atoms with van der Waals surface area (Å²) in [5.74, 6) is -0.215. The number of nitrogens with zero attached hydrogens (tertiary/aromatic N) is 1. The quantitative estimate of drug-likeness (QED) is 0.488. The van der Waals surface area contributed by atoms with E-state index in [4.69, 9.17) is 4.74 Å². The van der Waals surface area contributed by atoms with Gasteiger partial charge >= 0.3 is 12.0 Å². The molecule has 8 heteroatoms. The summed E-state index contributed by atoms with van der Waals surface area (Å²) in [5.41, 5.74) is 1.01. The molecule has 0 aromatic heterocycles. The van der Waals surface area contributed by atoms with Crippen LogP contribution in [0.1, 0.15) is 44.7 Å². The molecule has 1 aromatic carbocycles. The number of hydrogen-bond donors (Lipinski definition) is 2. The van der Waals surface area contributed by atoms with Gasteiger partial charge in [0.2, 0.25) is 0 Å². The Labute approximate surface area is 150 Å². The molecule has 1 aliphatic carbocycles. The summed E-state index contributed by atoms with van der Waals surface area (Å²) in [6.45, 7) is 3.67. The molecule has 8 nitrogen and oxygen atoms in total. The van der Waals surface area contributed by atoms with Crippen LogP contribution in [0.3, 0.4) is 0 Å². The Hall–Kier alpha value is -2.90. The Kier molecular flexibility index (Phi) is 4.92. The first kappa shape index (κ1) is 17.9. The zero-order valence-electron chi connectivity index (χ0n) is 14.7. The van der Waals surface area contributed by atoms with Crippen LogP contribution < -0.4 is 10.6 Å². The minimum atomic E-state index is -0.798. The fourth-order valence-corrected chi connectivity index (χ4v) is 3.52. The molecule has 1 fully saturated rings. The fourth-order valence-electron chi connectivity index (χ4n) is 3.52. The maximum absolute atomic E-state index is 12.8. The molecule has 2 aliphatic rings. The lowest BCUT2D eigenvalue weighted by Gasteiger charge is -2.29. The van der Waals surface area contributed by atoms with E-state index in [-0.39, 0.29) is 17.4 Å². The predicted octanol–water partition coefficient (Wildman–Crippen LogP) is 2.95. The highest BCUT2D eigenvalue weighted by atomic mass is 16.6. The Morgan fingerprint density at radius 2 is 2.12 bits per heavy atom. The molecular formula is C18H21N3O5. The van der Waals surface area contributed by atoms with Crippen LogP contribution in [-0.2, 0) is 9.53 Å². The van der Waals surface area contributed by atoms with Gasteiger partial charge in [0.25, 0.3) is 5.69 Å². The summed E-state index contributed by atoms with van der Waals surface area (Å²) in [6, 6.07) is 4.62. The van der Waals surface area contributed by atoms with Gasteiger partial charge in [-0.15, -0.1) is 0 Å². The first-order chi connectivity index (χ1) is 12.4. The largest absolute Gasteiger partial charge is 0.459 e. The van der Waals surface area contributed by atoms with E-state index in [2.05, 4.69) is 10.6 Å². The van der Waals surface area contributed by atoms with Crippen LogP contribution in [0.4, 0.5) is 10.5 Å². The second-order valence-electron chi connectivity index (χ2n) is 6.77. The van der Waals surface area contributed by atoms with Gasteiger partial charge in [0.05, 0.1) is 16.5 Å². The Bertz CT molecular complexity index is 789. The average molecular weight is 359 g/mol. The maximum Gasteiger partial charge on any atom is 0.338 e. The molecule has 26 heavy (non-hydrogen) atoms. The second kappa shape index (κ2) is 7.15. The number of benzene rings is 1. The number of allylic oxidation sites excluding steroid dienone is 1. The topological polar surface area (TPSA) is 111 Å². The number of nitrogens with one attached hydrogen (secondary N) is 2. The van der Waals surface area contributed by atoms with Crippen LogP contribution in [-0.4, -0.2) is 23.0 Å². The fraction of sp³-hybridized carbons (Fsp3) is 0.444. The van der Waals surface area contributed by atoms with E-state index in [1.165, 1.54) is 18.2 Å². The monoisotopic (exact) mass is 359 g/mol. The van der Waals surface area contributed by atoms with Gasteiger partial charge in [-0.2, -0.15) is 0 Å². The first-order valence-electron chi connectivity index (χ1n) is 8.60. The summed E-state index contributed by atoms with van der Waals surface area (Å²) in [4.78, 5) is 35.2. The molecule has 138 valence electrons. The van der Waals surface area contributed by atoms with Crippen LogP contribution >= 0.6 is 0 Å². The van der Waals surface area contributed by atoms with E-state index in [0.29, 0.717) is 17.2 Å². The molecule has 1 heterocycles. The van der Waals surface area contributed by atoms with Crippen LogP contribution in [0, 0.1) is 16.0 Å². The summed E-state index contributed by atoms with van der Waals surface area (Å²) in [6.07, 6.45) is 2.70.